The Kier molecular flexibility index (Phi) is 5.00. The number of aromatic nitrogens is 4. The monoisotopic (exact) mass is 398 g/mol. The molecule has 0 unspecified atom stereocenters. The number of aliphatic hydroxyl groups excluding tert-OH is 1. The summed E-state index contributed by atoms with van der Waals surface area (Å²) in [6.45, 7) is 5.52. The van der Waals surface area contributed by atoms with E-state index < -0.39 is 0 Å². The minimum Gasteiger partial charge on any atom is -0.392 e. The van der Waals surface area contributed by atoms with E-state index in [0.29, 0.717) is 5.92 Å². The summed E-state index contributed by atoms with van der Waals surface area (Å²) >= 11 is 1.79. The van der Waals surface area contributed by atoms with Crippen molar-refractivity contribution in [2.24, 2.45) is 5.92 Å². The van der Waals surface area contributed by atoms with E-state index in [0.717, 1.165) is 74.9 Å². The first kappa shape index (κ1) is 18.0. The van der Waals surface area contributed by atoms with E-state index in [1.165, 1.54) is 4.70 Å². The number of nitrogens with zero attached hydrogens (tertiary/aromatic N) is 6. The van der Waals surface area contributed by atoms with Crippen molar-refractivity contribution in [2.75, 3.05) is 31.1 Å². The molecule has 2 aliphatic rings. The zero-order valence-electron chi connectivity index (χ0n) is 15.9. The van der Waals surface area contributed by atoms with Crippen molar-refractivity contribution in [3.8, 4) is 0 Å². The number of anilines is 1. The number of hydrogen-bond donors (Lipinski definition) is 1. The largest absolute Gasteiger partial charge is 0.392 e. The molecule has 0 aliphatic carbocycles. The SMILES string of the molecule is O[C@H]1CCN(Cc2cn(CC3CCN(c4nc5ccccc5s4)CC3)nn2)C1. The molecule has 2 aliphatic heterocycles. The molecule has 28 heavy (non-hydrogen) atoms. The maximum absolute atomic E-state index is 9.65. The molecule has 7 nitrogen and oxygen atoms in total. The number of para-hydroxylation sites is 1. The molecule has 3 aromatic rings. The molecule has 1 atom stereocenters. The number of β-amino-alcohol motifs (C(OH)–C–C–N with tert-alkyl or cyclic N) is 1. The van der Waals surface area contributed by atoms with Gasteiger partial charge in [-0.15, -0.1) is 5.10 Å². The van der Waals surface area contributed by atoms with Gasteiger partial charge in [0.1, 0.15) is 0 Å². The lowest BCUT2D eigenvalue weighted by atomic mass is 9.97. The van der Waals surface area contributed by atoms with Gasteiger partial charge in [-0.05, 0) is 37.3 Å². The van der Waals surface area contributed by atoms with E-state index in [1.54, 1.807) is 11.3 Å². The van der Waals surface area contributed by atoms with Crippen molar-refractivity contribution in [1.82, 2.24) is 24.9 Å². The smallest absolute Gasteiger partial charge is 0.186 e. The Morgan fingerprint density at radius 2 is 1.96 bits per heavy atom. The van der Waals surface area contributed by atoms with Crippen molar-refractivity contribution in [2.45, 2.75) is 38.5 Å². The Labute approximate surface area is 168 Å². The topological polar surface area (TPSA) is 70.3 Å². The highest BCUT2D eigenvalue weighted by molar-refractivity contribution is 7.22. The van der Waals surface area contributed by atoms with Gasteiger partial charge in [0, 0.05) is 45.5 Å². The van der Waals surface area contributed by atoms with Gasteiger partial charge < -0.3 is 10.0 Å². The average Bonchev–Trinajstić information content (AvgIpc) is 3.43. The van der Waals surface area contributed by atoms with Crippen LogP contribution in [0.1, 0.15) is 25.0 Å². The fraction of sp³-hybridized carbons (Fsp3) is 0.550. The summed E-state index contributed by atoms with van der Waals surface area (Å²) in [5.41, 5.74) is 2.10. The number of aliphatic hydroxyl groups is 1. The molecule has 2 saturated heterocycles. The van der Waals surface area contributed by atoms with Crippen LogP contribution in [-0.2, 0) is 13.1 Å². The Morgan fingerprint density at radius 3 is 2.75 bits per heavy atom. The quantitative estimate of drug-likeness (QED) is 0.712. The van der Waals surface area contributed by atoms with Crippen LogP contribution in [0, 0.1) is 5.92 Å². The molecule has 1 aromatic carbocycles. The summed E-state index contributed by atoms with van der Waals surface area (Å²) in [5, 5.41) is 19.5. The Bertz CT molecular complexity index is 899. The molecule has 4 heterocycles. The van der Waals surface area contributed by atoms with Gasteiger partial charge in [0.2, 0.25) is 0 Å². The molecular weight excluding hydrogens is 372 g/mol. The van der Waals surface area contributed by atoms with E-state index in [2.05, 4.69) is 50.6 Å². The summed E-state index contributed by atoms with van der Waals surface area (Å²) in [4.78, 5) is 9.47. The second-order valence-corrected chi connectivity index (χ2v) is 9.01. The lowest BCUT2D eigenvalue weighted by Crippen LogP contribution is -2.35. The third-order valence-corrected chi connectivity index (χ3v) is 6.93. The number of piperidine rings is 1. The van der Waals surface area contributed by atoms with Crippen molar-refractivity contribution in [3.63, 3.8) is 0 Å². The molecule has 1 N–H and O–H groups in total. The molecule has 2 fully saturated rings. The van der Waals surface area contributed by atoms with Crippen molar-refractivity contribution in [1.29, 1.82) is 0 Å². The average molecular weight is 399 g/mol. The van der Waals surface area contributed by atoms with Gasteiger partial charge in [-0.2, -0.15) is 0 Å². The van der Waals surface area contributed by atoms with Gasteiger partial charge in [-0.1, -0.05) is 28.7 Å². The molecule has 2 aromatic heterocycles. The Morgan fingerprint density at radius 1 is 1.11 bits per heavy atom. The molecule has 0 spiro atoms. The minimum atomic E-state index is -0.185. The highest BCUT2D eigenvalue weighted by Crippen LogP contribution is 2.31. The van der Waals surface area contributed by atoms with E-state index in [-0.39, 0.29) is 6.10 Å². The number of benzene rings is 1. The fourth-order valence-electron chi connectivity index (χ4n) is 4.25. The van der Waals surface area contributed by atoms with E-state index >= 15 is 0 Å². The zero-order chi connectivity index (χ0) is 18.9. The van der Waals surface area contributed by atoms with Crippen LogP contribution in [0.15, 0.2) is 30.5 Å². The van der Waals surface area contributed by atoms with Crippen LogP contribution in [0.4, 0.5) is 5.13 Å². The van der Waals surface area contributed by atoms with Crippen molar-refractivity contribution >= 4 is 26.7 Å². The fourth-order valence-corrected chi connectivity index (χ4v) is 5.27. The van der Waals surface area contributed by atoms with E-state index in [1.807, 2.05) is 4.68 Å². The summed E-state index contributed by atoms with van der Waals surface area (Å²) in [6.07, 6.45) is 5.06. The van der Waals surface area contributed by atoms with Crippen molar-refractivity contribution in [3.05, 3.63) is 36.2 Å². The molecule has 0 bridgehead atoms. The number of fused-ring (bicyclic) bond motifs is 1. The highest BCUT2D eigenvalue weighted by Gasteiger charge is 2.23. The van der Waals surface area contributed by atoms with Gasteiger partial charge in [-0.3, -0.25) is 9.58 Å². The molecule has 0 amide bonds. The van der Waals surface area contributed by atoms with Crippen LogP contribution < -0.4 is 4.90 Å². The second kappa shape index (κ2) is 7.77. The lowest BCUT2D eigenvalue weighted by molar-refractivity contribution is 0.174. The highest BCUT2D eigenvalue weighted by atomic mass is 32.1. The van der Waals surface area contributed by atoms with Gasteiger partial charge >= 0.3 is 0 Å². The third-order valence-electron chi connectivity index (χ3n) is 5.83. The Hall–Kier alpha value is -2.03. The van der Waals surface area contributed by atoms with Gasteiger partial charge in [0.05, 0.1) is 22.0 Å². The number of rotatable bonds is 5. The molecule has 8 heteroatoms. The lowest BCUT2D eigenvalue weighted by Gasteiger charge is -2.31. The third kappa shape index (κ3) is 3.90. The van der Waals surface area contributed by atoms with Crippen LogP contribution in [0.2, 0.25) is 0 Å². The van der Waals surface area contributed by atoms with Crippen LogP contribution in [0.25, 0.3) is 10.2 Å². The first-order chi connectivity index (χ1) is 13.7. The minimum absolute atomic E-state index is 0.185. The molecule has 0 saturated carbocycles. The van der Waals surface area contributed by atoms with E-state index in [9.17, 15) is 5.11 Å². The second-order valence-electron chi connectivity index (χ2n) is 8.00. The van der Waals surface area contributed by atoms with Crippen molar-refractivity contribution < 1.29 is 5.11 Å². The van der Waals surface area contributed by atoms with Gasteiger partial charge in [0.25, 0.3) is 0 Å². The van der Waals surface area contributed by atoms with E-state index in [4.69, 9.17) is 4.98 Å². The Balaban J connectivity index is 1.14. The zero-order valence-corrected chi connectivity index (χ0v) is 16.8. The van der Waals surface area contributed by atoms with Crippen LogP contribution in [0.3, 0.4) is 0 Å². The number of likely N-dealkylation sites (tertiary alicyclic amines) is 1. The molecular formula is C20H26N6OS. The summed E-state index contributed by atoms with van der Waals surface area (Å²) < 4.78 is 3.26. The predicted molar refractivity (Wildman–Crippen MR) is 110 cm³/mol. The van der Waals surface area contributed by atoms with Gasteiger partial charge in [0.15, 0.2) is 5.13 Å². The van der Waals surface area contributed by atoms with Crippen LogP contribution in [-0.4, -0.2) is 62.3 Å². The number of thiazole rings is 1. The first-order valence-corrected chi connectivity index (χ1v) is 10.9. The first-order valence-electron chi connectivity index (χ1n) is 10.1. The number of hydrogen-bond acceptors (Lipinski definition) is 7. The standard InChI is InChI=1S/C20H26N6OS/c27-17-7-8-24(14-17)12-16-13-26(23-22-16)11-15-5-9-25(10-6-15)20-21-18-3-1-2-4-19(18)28-20/h1-4,13,15,17,27H,5-12,14H2/t17-/m0/s1. The molecule has 5 rings (SSSR count). The summed E-state index contributed by atoms with van der Waals surface area (Å²) in [7, 11) is 0. The van der Waals surface area contributed by atoms with Crippen LogP contribution in [0.5, 0.6) is 0 Å². The maximum atomic E-state index is 9.65. The van der Waals surface area contributed by atoms with Crippen LogP contribution >= 0.6 is 11.3 Å². The normalized spacial score (nSPS) is 21.8. The molecule has 148 valence electrons. The maximum Gasteiger partial charge on any atom is 0.186 e. The summed E-state index contributed by atoms with van der Waals surface area (Å²) in [6, 6.07) is 8.37. The van der Waals surface area contributed by atoms with Gasteiger partial charge in [-0.25, -0.2) is 4.98 Å². The summed E-state index contributed by atoms with van der Waals surface area (Å²) in [5.74, 6) is 0.633. The molecule has 0 radical (unpaired) electrons. The predicted octanol–water partition coefficient (Wildman–Crippen LogP) is 2.37.